The first-order valence-electron chi connectivity index (χ1n) is 29.8. The van der Waals surface area contributed by atoms with Crippen molar-refractivity contribution in [1.29, 1.82) is 0 Å². The van der Waals surface area contributed by atoms with Gasteiger partial charge in [-0.25, -0.2) is 0 Å². The van der Waals surface area contributed by atoms with Gasteiger partial charge in [0.2, 0.25) is 0 Å². The van der Waals surface area contributed by atoms with Gasteiger partial charge < -0.3 is 178 Å². The van der Waals surface area contributed by atoms with E-state index in [1.54, 1.807) is 13.8 Å². The molecule has 21 N–H and O–H groups in total. The number of aliphatic hydroxyl groups excluding tert-OH is 21. The standard InChI is InChI=1S/C53H92O36/c1-14-18(5)76-23(10-58)41(28(14)62)84-48-16(3)29(63)43(25(12-60)81-48)86-51-40(74)44(35(69)26(83-51)13-75-52-45(37(71)33(67)21(8-56)79-52)88-47-15(2)27(61)31(65)19(6-54)77-47)87-53-46(38(72)34(68)22(9-57)80-53)89-49-17(4)30(64)42(24(11-59)82-49)85-50-39(73)36(70)32(66)20(7-55)78-50/h14-74H,6-13H2,1-5H3/t14-,15?,16+,17+,18+,19+,20?,21?,22-,23?,24?,25?,26?,27?,28?,29?,30?,31-,32+,33-,34-,35-,36?,37?,38?,39+,40-,41-,42-,43-,44?,45-,46?,47+,48+,49+,50+,51+,52+,53-/m1/s1. The normalized spacial score (nSPS) is 53.6. The monoisotopic (exact) mass is 1300 g/mol. The Kier molecular flexibility index (Phi) is 26.1. The van der Waals surface area contributed by atoms with Crippen LogP contribution in [-0.2, 0) is 71.1 Å². The highest BCUT2D eigenvalue weighted by atomic mass is 16.8. The topological polar surface area (TPSA) is 563 Å². The molecule has 520 valence electrons. The molecule has 0 aromatic carbocycles. The zero-order valence-corrected chi connectivity index (χ0v) is 49.3. The van der Waals surface area contributed by atoms with Gasteiger partial charge in [0.25, 0.3) is 0 Å². The lowest BCUT2D eigenvalue weighted by Gasteiger charge is -2.51. The number of hydrogen-bond donors (Lipinski definition) is 21. The summed E-state index contributed by atoms with van der Waals surface area (Å²) in [6.45, 7) is 0.611. The molecule has 36 nitrogen and oxygen atoms in total. The SMILES string of the molecule is CC1C(O)[C@H](O)[C@H](CO)O[C@H]1O[C@@H]1C(O)[C@H](O)C(CO)O[C@@H]1OCC1O[C@@H](O[C@@H]2C(CO)O[C@@H](O[C@@H]3C(CO)O[C@@H](C)[C@@H](C)C3O)[C@@H](C)C2O)[C@H](O)C(O[C@H]2O[C@H](CO)[C@@H](O)C(O)C2O[C@@H]2OC(CO)[C@@H](O[C@@H]3OC(CO)[C@H](O)C(O)[C@@H]3O)C(O)[C@@H]2C)[C@@H]1O. The van der Waals surface area contributed by atoms with E-state index < -0.39 is 298 Å². The zero-order chi connectivity index (χ0) is 65.4. The number of hydrogen-bond acceptors (Lipinski definition) is 36. The summed E-state index contributed by atoms with van der Waals surface area (Å²) in [4.78, 5) is 0. The van der Waals surface area contributed by atoms with Crippen LogP contribution in [0.2, 0.25) is 0 Å². The third-order valence-corrected chi connectivity index (χ3v) is 18.4. The van der Waals surface area contributed by atoms with E-state index in [1.807, 2.05) is 0 Å². The molecule has 0 saturated carbocycles. The van der Waals surface area contributed by atoms with Crippen molar-refractivity contribution in [2.45, 2.75) is 256 Å². The number of rotatable bonds is 22. The molecule has 0 bridgehead atoms. The Morgan fingerprint density at radius 3 is 0.989 bits per heavy atom. The summed E-state index contributed by atoms with van der Waals surface area (Å²) in [6, 6.07) is 0. The maximum absolute atomic E-state index is 12.3. The van der Waals surface area contributed by atoms with Crippen LogP contribution in [0, 0.1) is 23.7 Å². The smallest absolute Gasteiger partial charge is 0.187 e. The van der Waals surface area contributed by atoms with E-state index in [9.17, 15) is 107 Å². The van der Waals surface area contributed by atoms with Gasteiger partial charge >= 0.3 is 0 Å². The average Bonchev–Trinajstić information content (AvgIpc) is 1.09. The van der Waals surface area contributed by atoms with Gasteiger partial charge in [0.05, 0.1) is 83.4 Å². The molecule has 0 aromatic heterocycles. The second-order valence-corrected chi connectivity index (χ2v) is 24.2. The fourth-order valence-corrected chi connectivity index (χ4v) is 12.3. The van der Waals surface area contributed by atoms with Crippen molar-refractivity contribution in [2.24, 2.45) is 23.7 Å². The molecule has 0 radical (unpaired) electrons. The van der Waals surface area contributed by atoms with Crippen molar-refractivity contribution >= 4 is 0 Å². The largest absolute Gasteiger partial charge is 0.394 e. The van der Waals surface area contributed by atoms with E-state index in [1.165, 1.54) is 20.8 Å². The average molecular weight is 1310 g/mol. The molecule has 8 aliphatic heterocycles. The van der Waals surface area contributed by atoms with Gasteiger partial charge in [-0.2, -0.15) is 0 Å². The fourth-order valence-electron chi connectivity index (χ4n) is 12.3. The van der Waals surface area contributed by atoms with E-state index in [-0.39, 0.29) is 0 Å². The molecule has 0 amide bonds. The predicted octanol–water partition coefficient (Wildman–Crippen LogP) is -12.3. The van der Waals surface area contributed by atoms with Crippen LogP contribution in [0.4, 0.5) is 0 Å². The molecule has 0 aromatic rings. The second-order valence-electron chi connectivity index (χ2n) is 24.2. The minimum atomic E-state index is -2.27. The zero-order valence-electron chi connectivity index (χ0n) is 49.3. The molecule has 89 heavy (non-hydrogen) atoms. The van der Waals surface area contributed by atoms with Gasteiger partial charge in [0, 0.05) is 23.7 Å². The Labute approximate surface area is 509 Å². The number of ether oxygens (including phenoxy) is 15. The molecule has 8 heterocycles. The lowest BCUT2D eigenvalue weighted by Crippen LogP contribution is -2.68. The Morgan fingerprint density at radius 2 is 0.528 bits per heavy atom. The van der Waals surface area contributed by atoms with Gasteiger partial charge in [-0.1, -0.05) is 27.7 Å². The van der Waals surface area contributed by atoms with Crippen LogP contribution in [0.25, 0.3) is 0 Å². The van der Waals surface area contributed by atoms with Gasteiger partial charge in [-0.05, 0) is 6.92 Å². The molecule has 0 aliphatic carbocycles. The van der Waals surface area contributed by atoms with Crippen molar-refractivity contribution in [3.8, 4) is 0 Å². The van der Waals surface area contributed by atoms with Crippen LogP contribution >= 0.6 is 0 Å². The van der Waals surface area contributed by atoms with Crippen molar-refractivity contribution < 1.29 is 178 Å². The lowest BCUT2D eigenvalue weighted by molar-refractivity contribution is -0.401. The number of aliphatic hydroxyl groups is 21. The summed E-state index contributed by atoms with van der Waals surface area (Å²) in [7, 11) is 0. The highest BCUT2D eigenvalue weighted by molar-refractivity contribution is 5.01. The van der Waals surface area contributed by atoms with Gasteiger partial charge in [0.15, 0.2) is 44.0 Å². The minimum Gasteiger partial charge on any atom is -0.394 e. The molecule has 16 unspecified atom stereocenters. The molecule has 8 fully saturated rings. The summed E-state index contributed by atoms with van der Waals surface area (Å²) in [5, 5.41) is 229. The second kappa shape index (κ2) is 31.6. The molecular formula is C53H92O36. The van der Waals surface area contributed by atoms with Crippen molar-refractivity contribution in [1.82, 2.24) is 0 Å². The van der Waals surface area contributed by atoms with Crippen molar-refractivity contribution in [3.63, 3.8) is 0 Å². The highest BCUT2D eigenvalue weighted by Crippen LogP contribution is 2.41. The minimum absolute atomic E-state index is 0.498. The van der Waals surface area contributed by atoms with Crippen LogP contribution in [0.5, 0.6) is 0 Å². The van der Waals surface area contributed by atoms with Gasteiger partial charge in [-0.3, -0.25) is 0 Å². The Bertz CT molecular complexity index is 2120. The Hall–Kier alpha value is -1.44. The van der Waals surface area contributed by atoms with Gasteiger partial charge in [-0.15, -0.1) is 0 Å². The van der Waals surface area contributed by atoms with Crippen LogP contribution in [0.15, 0.2) is 0 Å². The summed E-state index contributed by atoms with van der Waals surface area (Å²) in [5.74, 6) is -3.98. The third-order valence-electron chi connectivity index (χ3n) is 18.4. The fraction of sp³-hybridized carbons (Fsp3) is 1.00. The highest BCUT2D eigenvalue weighted by Gasteiger charge is 2.59. The maximum Gasteiger partial charge on any atom is 0.187 e. The Balaban J connectivity index is 1.07. The molecule has 8 rings (SSSR count). The van der Waals surface area contributed by atoms with Crippen molar-refractivity contribution in [3.05, 3.63) is 0 Å². The molecular weight excluding hydrogens is 1210 g/mol. The van der Waals surface area contributed by atoms with E-state index in [0.717, 1.165) is 0 Å². The first kappa shape index (κ1) is 73.4. The molecule has 0 spiro atoms. The summed E-state index contributed by atoms with van der Waals surface area (Å²) in [6.07, 6.45) is -61.7. The molecule has 8 saturated heterocycles. The van der Waals surface area contributed by atoms with Crippen LogP contribution in [0.3, 0.4) is 0 Å². The molecule has 36 heteroatoms. The first-order chi connectivity index (χ1) is 42.2. The summed E-state index contributed by atoms with van der Waals surface area (Å²) in [5.41, 5.74) is 0. The predicted molar refractivity (Wildman–Crippen MR) is 281 cm³/mol. The Morgan fingerprint density at radius 1 is 0.225 bits per heavy atom. The maximum atomic E-state index is 12.3. The summed E-state index contributed by atoms with van der Waals surface area (Å²) < 4.78 is 89.7. The molecule has 40 atom stereocenters. The third kappa shape index (κ3) is 15.2. The quantitative estimate of drug-likeness (QED) is 0.0479. The van der Waals surface area contributed by atoms with Crippen LogP contribution < -0.4 is 0 Å². The summed E-state index contributed by atoms with van der Waals surface area (Å²) >= 11 is 0. The van der Waals surface area contributed by atoms with E-state index in [4.69, 9.17) is 71.1 Å². The van der Waals surface area contributed by atoms with Gasteiger partial charge in [0.1, 0.15) is 146 Å². The van der Waals surface area contributed by atoms with Crippen LogP contribution in [0.1, 0.15) is 34.6 Å². The van der Waals surface area contributed by atoms with Crippen molar-refractivity contribution in [2.75, 3.05) is 52.9 Å². The lowest BCUT2D eigenvalue weighted by atomic mass is 9.88. The van der Waals surface area contributed by atoms with E-state index >= 15 is 0 Å². The van der Waals surface area contributed by atoms with Crippen LogP contribution in [-0.4, -0.2) is 381 Å². The van der Waals surface area contributed by atoms with E-state index in [2.05, 4.69) is 0 Å². The molecule has 8 aliphatic rings. The first-order valence-corrected chi connectivity index (χ1v) is 29.8. The van der Waals surface area contributed by atoms with E-state index in [0.29, 0.717) is 0 Å².